The van der Waals surface area contributed by atoms with Gasteiger partial charge in [-0.25, -0.2) is 4.79 Å². The molecule has 1 aliphatic rings. The lowest BCUT2D eigenvalue weighted by Crippen LogP contribution is -2.58. The molecule has 0 aromatic carbocycles. The predicted molar refractivity (Wildman–Crippen MR) is 126 cm³/mol. The molecule has 1 saturated heterocycles. The summed E-state index contributed by atoms with van der Waals surface area (Å²) in [5.74, 6) is -4.88. The second-order valence-corrected chi connectivity index (χ2v) is 8.61. The van der Waals surface area contributed by atoms with Gasteiger partial charge in [-0.05, 0) is 31.6 Å². The highest BCUT2D eigenvalue weighted by atomic mass is 16.4. The van der Waals surface area contributed by atoms with Crippen LogP contribution in [0.2, 0.25) is 0 Å². The Balaban J connectivity index is 3.05. The summed E-state index contributed by atoms with van der Waals surface area (Å²) in [6.07, 6.45) is 1.12. The summed E-state index contributed by atoms with van der Waals surface area (Å²) < 4.78 is 0. The molecule has 0 aliphatic carbocycles. The van der Waals surface area contributed by atoms with Gasteiger partial charge in [0.2, 0.25) is 17.7 Å². The van der Waals surface area contributed by atoms with E-state index in [1.807, 2.05) is 6.92 Å². The lowest BCUT2D eigenvalue weighted by Gasteiger charge is -2.31. The first-order valence-corrected chi connectivity index (χ1v) is 11.6. The maximum Gasteiger partial charge on any atom is 0.326 e. The Bertz CT molecular complexity index is 816. The van der Waals surface area contributed by atoms with E-state index in [1.165, 1.54) is 4.90 Å². The number of carboxylic acid groups (broad SMARTS) is 2. The van der Waals surface area contributed by atoms with Crippen molar-refractivity contribution < 1.29 is 34.2 Å². The highest BCUT2D eigenvalue weighted by Gasteiger charge is 2.40. The van der Waals surface area contributed by atoms with Crippen LogP contribution in [0, 0.1) is 5.92 Å². The van der Waals surface area contributed by atoms with E-state index in [4.69, 9.17) is 22.3 Å². The van der Waals surface area contributed by atoms with Crippen molar-refractivity contribution in [2.45, 2.75) is 76.5 Å². The SMILES string of the molecule is CCC(C)C(NC(=O)C(CCCN=C(N)N)NC(=O)C(N)CC(=O)O)C(=O)N1CCCC1C(=O)O. The molecule has 35 heavy (non-hydrogen) atoms. The van der Waals surface area contributed by atoms with Gasteiger partial charge in [-0.2, -0.15) is 0 Å². The Kier molecular flexibility index (Phi) is 11.9. The van der Waals surface area contributed by atoms with Gasteiger partial charge in [-0.3, -0.25) is 24.2 Å². The number of aliphatic imine (C=N–C) groups is 1. The maximum absolute atomic E-state index is 13.2. The minimum Gasteiger partial charge on any atom is -0.481 e. The van der Waals surface area contributed by atoms with Crippen molar-refractivity contribution in [2.75, 3.05) is 13.1 Å². The van der Waals surface area contributed by atoms with Crippen LogP contribution in [0.3, 0.4) is 0 Å². The molecule has 0 saturated carbocycles. The number of guanidine groups is 1. The average molecular weight is 500 g/mol. The van der Waals surface area contributed by atoms with Crippen LogP contribution < -0.4 is 27.8 Å². The normalized spacial score (nSPS) is 18.6. The molecule has 1 fully saturated rings. The number of amides is 3. The third kappa shape index (κ3) is 9.39. The molecule has 14 nitrogen and oxygen atoms in total. The second kappa shape index (κ2) is 14.1. The first-order chi connectivity index (χ1) is 16.4. The number of hydrogen-bond donors (Lipinski definition) is 7. The van der Waals surface area contributed by atoms with Crippen molar-refractivity contribution in [3.63, 3.8) is 0 Å². The molecular weight excluding hydrogens is 462 g/mol. The molecule has 198 valence electrons. The topological polar surface area (TPSA) is 244 Å². The first kappa shape index (κ1) is 29.6. The van der Waals surface area contributed by atoms with Gasteiger partial charge in [0.25, 0.3) is 0 Å². The summed E-state index contributed by atoms with van der Waals surface area (Å²) in [5, 5.41) is 23.4. The van der Waals surface area contributed by atoms with Crippen LogP contribution in [0.4, 0.5) is 0 Å². The smallest absolute Gasteiger partial charge is 0.326 e. The maximum atomic E-state index is 13.2. The fourth-order valence-electron chi connectivity index (χ4n) is 3.73. The number of nitrogens with one attached hydrogen (secondary N) is 2. The summed E-state index contributed by atoms with van der Waals surface area (Å²) >= 11 is 0. The molecule has 0 bridgehead atoms. The molecule has 0 radical (unpaired) electrons. The molecule has 1 aliphatic heterocycles. The zero-order chi connectivity index (χ0) is 26.7. The number of rotatable bonds is 14. The van der Waals surface area contributed by atoms with Crippen LogP contribution in [0.25, 0.3) is 0 Å². The van der Waals surface area contributed by atoms with Crippen molar-refractivity contribution in [2.24, 2.45) is 28.1 Å². The van der Waals surface area contributed by atoms with Crippen molar-refractivity contribution in [1.29, 1.82) is 0 Å². The van der Waals surface area contributed by atoms with Gasteiger partial charge in [0.05, 0.1) is 12.5 Å². The molecule has 0 aromatic rings. The van der Waals surface area contributed by atoms with Crippen LogP contribution in [0.1, 0.15) is 52.4 Å². The number of likely N-dealkylation sites (tertiary alicyclic amines) is 1. The summed E-state index contributed by atoms with van der Waals surface area (Å²) in [5.41, 5.74) is 16.2. The number of carbonyl (C=O) groups excluding carboxylic acids is 3. The second-order valence-electron chi connectivity index (χ2n) is 8.61. The van der Waals surface area contributed by atoms with Crippen molar-refractivity contribution in [3.8, 4) is 0 Å². The molecule has 10 N–H and O–H groups in total. The number of nitrogens with zero attached hydrogens (tertiary/aromatic N) is 2. The summed E-state index contributed by atoms with van der Waals surface area (Å²) in [6, 6.07) is -4.51. The van der Waals surface area contributed by atoms with Crippen LogP contribution in [0.5, 0.6) is 0 Å². The number of nitrogens with two attached hydrogens (primary N) is 3. The van der Waals surface area contributed by atoms with E-state index in [0.29, 0.717) is 25.7 Å². The quantitative estimate of drug-likeness (QED) is 0.0781. The highest BCUT2D eigenvalue weighted by molar-refractivity contribution is 5.95. The largest absolute Gasteiger partial charge is 0.481 e. The highest BCUT2D eigenvalue weighted by Crippen LogP contribution is 2.21. The van der Waals surface area contributed by atoms with E-state index in [1.54, 1.807) is 6.92 Å². The number of hydrogen-bond acceptors (Lipinski definition) is 7. The zero-order valence-electron chi connectivity index (χ0n) is 20.1. The third-order valence-corrected chi connectivity index (χ3v) is 5.91. The summed E-state index contributed by atoms with van der Waals surface area (Å²) in [6.45, 7) is 4.02. The van der Waals surface area contributed by atoms with Crippen molar-refractivity contribution in [3.05, 3.63) is 0 Å². The van der Waals surface area contributed by atoms with Crippen LogP contribution in [-0.2, 0) is 24.0 Å². The summed E-state index contributed by atoms with van der Waals surface area (Å²) in [4.78, 5) is 66.3. The van der Waals surface area contributed by atoms with Crippen LogP contribution in [-0.4, -0.2) is 88.0 Å². The van der Waals surface area contributed by atoms with E-state index in [-0.39, 0.29) is 31.4 Å². The van der Waals surface area contributed by atoms with Gasteiger partial charge in [-0.15, -0.1) is 0 Å². The standard InChI is InChI=1S/C21H37N7O7/c1-3-11(2)16(19(33)28-9-5-7-14(28)20(34)35)27-18(32)13(6-4-8-25-21(23)24)26-17(31)12(22)10-15(29)30/h11-14,16H,3-10,22H2,1-2H3,(H,26,31)(H,27,32)(H,29,30)(H,34,35)(H4,23,24,25). The van der Waals surface area contributed by atoms with E-state index in [2.05, 4.69) is 15.6 Å². The minimum absolute atomic E-state index is 0.0804. The molecule has 14 heteroatoms. The lowest BCUT2D eigenvalue weighted by molar-refractivity contribution is -0.150. The van der Waals surface area contributed by atoms with Gasteiger partial charge in [0.1, 0.15) is 18.1 Å². The monoisotopic (exact) mass is 499 g/mol. The Morgan fingerprint density at radius 3 is 2.31 bits per heavy atom. The van der Waals surface area contributed by atoms with E-state index >= 15 is 0 Å². The molecule has 0 spiro atoms. The lowest BCUT2D eigenvalue weighted by atomic mass is 9.96. The number of aliphatic carboxylic acids is 2. The third-order valence-electron chi connectivity index (χ3n) is 5.91. The van der Waals surface area contributed by atoms with Gasteiger partial charge < -0.3 is 42.9 Å². The first-order valence-electron chi connectivity index (χ1n) is 11.6. The number of carbonyl (C=O) groups is 5. The van der Waals surface area contributed by atoms with E-state index in [0.717, 1.165) is 0 Å². The van der Waals surface area contributed by atoms with Gasteiger partial charge in [-0.1, -0.05) is 20.3 Å². The zero-order valence-corrected chi connectivity index (χ0v) is 20.1. The molecule has 5 unspecified atom stereocenters. The van der Waals surface area contributed by atoms with Gasteiger partial charge >= 0.3 is 11.9 Å². The molecule has 5 atom stereocenters. The van der Waals surface area contributed by atoms with E-state index in [9.17, 15) is 29.1 Å². The Labute approximate surface area is 203 Å². The minimum atomic E-state index is -1.38. The summed E-state index contributed by atoms with van der Waals surface area (Å²) in [7, 11) is 0. The van der Waals surface area contributed by atoms with Crippen LogP contribution in [0.15, 0.2) is 4.99 Å². The Morgan fingerprint density at radius 1 is 1.11 bits per heavy atom. The van der Waals surface area contributed by atoms with Crippen LogP contribution >= 0.6 is 0 Å². The van der Waals surface area contributed by atoms with Crippen molar-refractivity contribution in [1.82, 2.24) is 15.5 Å². The average Bonchev–Trinajstić information content (AvgIpc) is 3.28. The molecule has 0 aromatic heterocycles. The molecular formula is C21H37N7O7. The molecule has 3 amide bonds. The Morgan fingerprint density at radius 2 is 1.77 bits per heavy atom. The number of carboxylic acids is 2. The fourth-order valence-corrected chi connectivity index (χ4v) is 3.73. The van der Waals surface area contributed by atoms with Gasteiger partial charge in [0, 0.05) is 13.1 Å². The van der Waals surface area contributed by atoms with Gasteiger partial charge in [0.15, 0.2) is 5.96 Å². The predicted octanol–water partition coefficient (Wildman–Crippen LogP) is -2.07. The van der Waals surface area contributed by atoms with E-state index < -0.39 is 60.2 Å². The molecule has 1 heterocycles. The van der Waals surface area contributed by atoms with Crippen molar-refractivity contribution >= 4 is 35.6 Å². The Hall–Kier alpha value is -3.42. The fraction of sp³-hybridized carbons (Fsp3) is 0.714. The molecule has 1 rings (SSSR count).